The zero-order valence-electron chi connectivity index (χ0n) is 13.0. The fourth-order valence-corrected chi connectivity index (χ4v) is 2.19. The summed E-state index contributed by atoms with van der Waals surface area (Å²) in [6.07, 6.45) is -1.07. The Morgan fingerprint density at radius 2 is 1.83 bits per heavy atom. The lowest BCUT2D eigenvalue weighted by Crippen LogP contribution is -2.24. The number of anilines is 1. The summed E-state index contributed by atoms with van der Waals surface area (Å²) >= 11 is 5.91. The van der Waals surface area contributed by atoms with Gasteiger partial charge in [0.25, 0.3) is 0 Å². The van der Waals surface area contributed by atoms with Crippen molar-refractivity contribution < 1.29 is 23.5 Å². The summed E-state index contributed by atoms with van der Waals surface area (Å²) < 4.78 is 23.1. The Hall–Kier alpha value is -2.60. The minimum Gasteiger partial charge on any atom is -0.496 e. The molecule has 0 saturated heterocycles. The molecule has 0 heterocycles. The van der Waals surface area contributed by atoms with Crippen LogP contribution in [-0.2, 0) is 4.74 Å². The molecule has 2 aromatic carbocycles. The molecule has 0 spiro atoms. The number of ketones is 1. The van der Waals surface area contributed by atoms with Gasteiger partial charge >= 0.3 is 5.97 Å². The first-order chi connectivity index (χ1) is 11.3. The highest BCUT2D eigenvalue weighted by Gasteiger charge is 2.23. The molecule has 24 heavy (non-hydrogen) atoms. The van der Waals surface area contributed by atoms with E-state index in [0.29, 0.717) is 0 Å². The fraction of sp³-hybridized carbons (Fsp3) is 0.176. The van der Waals surface area contributed by atoms with Crippen LogP contribution < -0.4 is 10.5 Å². The van der Waals surface area contributed by atoms with E-state index >= 15 is 0 Å². The van der Waals surface area contributed by atoms with Crippen molar-refractivity contribution in [3.05, 3.63) is 58.4 Å². The molecule has 0 saturated carbocycles. The Balaban J connectivity index is 2.18. The van der Waals surface area contributed by atoms with Gasteiger partial charge in [-0.1, -0.05) is 11.6 Å². The molecular formula is C17H15ClFNO4. The van der Waals surface area contributed by atoms with Gasteiger partial charge < -0.3 is 15.2 Å². The summed E-state index contributed by atoms with van der Waals surface area (Å²) in [6.45, 7) is 1.43. The number of halogens is 2. The first-order valence-corrected chi connectivity index (χ1v) is 7.35. The van der Waals surface area contributed by atoms with Crippen LogP contribution in [0.2, 0.25) is 5.02 Å². The molecule has 0 amide bonds. The molecule has 5 nitrogen and oxygen atoms in total. The van der Waals surface area contributed by atoms with E-state index in [1.54, 1.807) is 0 Å². The summed E-state index contributed by atoms with van der Waals surface area (Å²) in [5, 5.41) is 0.167. The molecule has 2 N–H and O–H groups in total. The second-order valence-electron chi connectivity index (χ2n) is 4.99. The Morgan fingerprint density at radius 3 is 2.42 bits per heavy atom. The maximum atomic E-state index is 12.9. The number of hydrogen-bond donors (Lipinski definition) is 1. The third-order valence-corrected chi connectivity index (χ3v) is 3.65. The average molecular weight is 352 g/mol. The maximum Gasteiger partial charge on any atom is 0.342 e. The second kappa shape index (κ2) is 7.31. The molecule has 2 rings (SSSR count). The lowest BCUT2D eigenvalue weighted by atomic mass is 10.1. The molecule has 126 valence electrons. The topological polar surface area (TPSA) is 78.6 Å². The van der Waals surface area contributed by atoms with Gasteiger partial charge in [-0.15, -0.1) is 0 Å². The van der Waals surface area contributed by atoms with Crippen LogP contribution in [0.4, 0.5) is 10.1 Å². The zero-order valence-corrected chi connectivity index (χ0v) is 13.8. The van der Waals surface area contributed by atoms with Gasteiger partial charge in [0.15, 0.2) is 6.10 Å². The molecule has 0 aliphatic rings. The van der Waals surface area contributed by atoms with Crippen LogP contribution in [-0.4, -0.2) is 25.0 Å². The van der Waals surface area contributed by atoms with Gasteiger partial charge in [-0.05, 0) is 37.3 Å². The number of nitrogen functional groups attached to an aromatic ring is 1. The van der Waals surface area contributed by atoms with Crippen LogP contribution in [0, 0.1) is 5.82 Å². The van der Waals surface area contributed by atoms with Crippen molar-refractivity contribution in [3.63, 3.8) is 0 Å². The predicted molar refractivity (Wildman–Crippen MR) is 88.0 cm³/mol. The first-order valence-electron chi connectivity index (χ1n) is 6.97. The number of Topliss-reactive ketones (excluding diaryl/α,β-unsaturated/α-hetero) is 1. The number of nitrogens with two attached hydrogens (primary N) is 1. The quantitative estimate of drug-likeness (QED) is 0.506. The van der Waals surface area contributed by atoms with Crippen molar-refractivity contribution >= 4 is 29.0 Å². The van der Waals surface area contributed by atoms with E-state index in [1.165, 1.54) is 38.3 Å². The Morgan fingerprint density at radius 1 is 1.21 bits per heavy atom. The smallest absolute Gasteiger partial charge is 0.342 e. The molecule has 0 unspecified atom stereocenters. The van der Waals surface area contributed by atoms with Crippen LogP contribution >= 0.6 is 11.6 Å². The first kappa shape index (κ1) is 17.7. The summed E-state index contributed by atoms with van der Waals surface area (Å²) in [4.78, 5) is 24.5. The molecule has 2 aromatic rings. The Bertz CT molecular complexity index is 777. The summed E-state index contributed by atoms with van der Waals surface area (Å²) in [6, 6.07) is 7.67. The molecule has 0 radical (unpaired) electrons. The van der Waals surface area contributed by atoms with Crippen molar-refractivity contribution in [2.24, 2.45) is 0 Å². The van der Waals surface area contributed by atoms with Crippen LogP contribution in [0.1, 0.15) is 27.6 Å². The van der Waals surface area contributed by atoms with Crippen molar-refractivity contribution in [1.82, 2.24) is 0 Å². The van der Waals surface area contributed by atoms with Gasteiger partial charge in [0, 0.05) is 11.6 Å². The lowest BCUT2D eigenvalue weighted by Gasteiger charge is -2.14. The molecule has 0 aromatic heterocycles. The van der Waals surface area contributed by atoms with Crippen molar-refractivity contribution in [1.29, 1.82) is 0 Å². The normalized spacial score (nSPS) is 11.7. The lowest BCUT2D eigenvalue weighted by molar-refractivity contribution is 0.0316. The minimum absolute atomic E-state index is 0.0513. The third kappa shape index (κ3) is 3.83. The predicted octanol–water partition coefficient (Wildman–Crippen LogP) is 3.50. The van der Waals surface area contributed by atoms with Crippen LogP contribution in [0.5, 0.6) is 5.75 Å². The number of benzene rings is 2. The van der Waals surface area contributed by atoms with Gasteiger partial charge in [0.1, 0.15) is 17.1 Å². The van der Waals surface area contributed by atoms with Gasteiger partial charge in [-0.25, -0.2) is 9.18 Å². The van der Waals surface area contributed by atoms with Crippen molar-refractivity contribution in [3.8, 4) is 5.75 Å². The largest absolute Gasteiger partial charge is 0.496 e. The zero-order chi connectivity index (χ0) is 17.9. The molecule has 0 aliphatic heterocycles. The van der Waals surface area contributed by atoms with E-state index < -0.39 is 23.7 Å². The SMILES string of the molecule is COc1cc(N)c(Cl)cc1C(=O)O[C@H](C)C(=O)c1ccc(F)cc1. The summed E-state index contributed by atoms with van der Waals surface area (Å²) in [5.74, 6) is -1.51. The molecule has 7 heteroatoms. The molecule has 0 aliphatic carbocycles. The van der Waals surface area contributed by atoms with E-state index in [-0.39, 0.29) is 27.6 Å². The number of rotatable bonds is 5. The number of ether oxygens (including phenoxy) is 2. The van der Waals surface area contributed by atoms with E-state index in [9.17, 15) is 14.0 Å². The molecule has 1 atom stereocenters. The van der Waals surface area contributed by atoms with E-state index in [0.717, 1.165) is 12.1 Å². The summed E-state index contributed by atoms with van der Waals surface area (Å²) in [7, 11) is 1.37. The second-order valence-corrected chi connectivity index (χ2v) is 5.40. The van der Waals surface area contributed by atoms with Crippen LogP contribution in [0.15, 0.2) is 36.4 Å². The number of hydrogen-bond acceptors (Lipinski definition) is 5. The van der Waals surface area contributed by atoms with E-state index in [2.05, 4.69) is 0 Å². The van der Waals surface area contributed by atoms with E-state index in [1.807, 2.05) is 0 Å². The number of carbonyl (C=O) groups is 2. The fourth-order valence-electron chi connectivity index (χ4n) is 2.02. The molecule has 0 fully saturated rings. The average Bonchev–Trinajstić information content (AvgIpc) is 2.56. The molecular weight excluding hydrogens is 337 g/mol. The standard InChI is InChI=1S/C17H15ClFNO4/c1-9(16(21)10-3-5-11(19)6-4-10)24-17(22)12-7-13(18)14(20)8-15(12)23-2/h3-9H,20H2,1-2H3/t9-/m1/s1. The minimum atomic E-state index is -1.07. The van der Waals surface area contributed by atoms with E-state index in [4.69, 9.17) is 26.8 Å². The summed E-state index contributed by atoms with van der Waals surface area (Å²) in [5.41, 5.74) is 6.19. The van der Waals surface area contributed by atoms with Crippen LogP contribution in [0.25, 0.3) is 0 Å². The highest BCUT2D eigenvalue weighted by molar-refractivity contribution is 6.33. The number of carbonyl (C=O) groups excluding carboxylic acids is 2. The monoisotopic (exact) mass is 351 g/mol. The van der Waals surface area contributed by atoms with Crippen molar-refractivity contribution in [2.45, 2.75) is 13.0 Å². The Labute approximate surface area is 143 Å². The van der Waals surface area contributed by atoms with Crippen molar-refractivity contribution in [2.75, 3.05) is 12.8 Å². The molecule has 0 bridgehead atoms. The van der Waals surface area contributed by atoms with Gasteiger partial charge in [-0.2, -0.15) is 0 Å². The number of esters is 1. The van der Waals surface area contributed by atoms with Gasteiger partial charge in [0.05, 0.1) is 17.8 Å². The highest BCUT2D eigenvalue weighted by atomic mass is 35.5. The highest BCUT2D eigenvalue weighted by Crippen LogP contribution is 2.29. The maximum absolute atomic E-state index is 12.9. The van der Waals surface area contributed by atoms with Gasteiger partial charge in [0.2, 0.25) is 5.78 Å². The Kier molecular flexibility index (Phi) is 5.41. The number of methoxy groups -OCH3 is 1. The third-order valence-electron chi connectivity index (χ3n) is 3.32. The van der Waals surface area contributed by atoms with Gasteiger partial charge in [-0.3, -0.25) is 4.79 Å². The van der Waals surface area contributed by atoms with Crippen LogP contribution in [0.3, 0.4) is 0 Å².